The summed E-state index contributed by atoms with van der Waals surface area (Å²) in [6.07, 6.45) is 3.46. The summed E-state index contributed by atoms with van der Waals surface area (Å²) in [5.41, 5.74) is 2.57. The van der Waals surface area contributed by atoms with Gasteiger partial charge in [0.1, 0.15) is 5.54 Å². The van der Waals surface area contributed by atoms with Crippen LogP contribution in [0.4, 0.5) is 5.69 Å². The van der Waals surface area contributed by atoms with Gasteiger partial charge in [-0.25, -0.2) is 0 Å². The maximum absolute atomic E-state index is 12.8. The van der Waals surface area contributed by atoms with E-state index in [0.29, 0.717) is 0 Å². The lowest BCUT2D eigenvalue weighted by atomic mass is 9.81. The minimum Gasteiger partial charge on any atom is -0.367 e. The maximum Gasteiger partial charge on any atom is 0.167 e. The number of carbonyl (C=O) groups is 1. The molecule has 0 radical (unpaired) electrons. The molecular formula is C23H26ClN3O. The standard InChI is InChI=1S/C23H25N3O.ClH/c24-17-23(25-20-7-2-1-3-8-20)12-14-26(15-13-23)16-19-11-10-18-6-4-5-9-21(18)22(19)27;/h1-9,19,25H,10-16H2;1H. The molecule has 4 nitrogen and oxygen atoms in total. The number of Topliss-reactive ketones (excluding diaryl/α,β-unsaturated/α-hetero) is 1. The number of carbonyl (C=O) groups excluding carboxylic acids is 1. The van der Waals surface area contributed by atoms with Gasteiger partial charge in [-0.2, -0.15) is 5.26 Å². The Morgan fingerprint density at radius 2 is 1.75 bits per heavy atom. The smallest absolute Gasteiger partial charge is 0.167 e. The molecule has 1 fully saturated rings. The molecule has 1 aliphatic carbocycles. The number of rotatable bonds is 4. The first-order valence-corrected chi connectivity index (χ1v) is 9.78. The van der Waals surface area contributed by atoms with Crippen molar-refractivity contribution in [2.75, 3.05) is 25.0 Å². The number of likely N-dealkylation sites (tertiary alicyclic amines) is 1. The highest BCUT2D eigenvalue weighted by Gasteiger charge is 2.36. The van der Waals surface area contributed by atoms with Crippen molar-refractivity contribution in [3.05, 3.63) is 65.7 Å². The molecule has 2 aromatic rings. The van der Waals surface area contributed by atoms with E-state index >= 15 is 0 Å². The molecule has 5 heteroatoms. The van der Waals surface area contributed by atoms with E-state index in [1.807, 2.05) is 48.5 Å². The van der Waals surface area contributed by atoms with Gasteiger partial charge in [0, 0.05) is 36.8 Å². The van der Waals surface area contributed by atoms with Crippen molar-refractivity contribution in [2.24, 2.45) is 5.92 Å². The van der Waals surface area contributed by atoms with Crippen LogP contribution in [0.5, 0.6) is 0 Å². The topological polar surface area (TPSA) is 56.1 Å². The highest BCUT2D eigenvalue weighted by Crippen LogP contribution is 2.30. The minimum absolute atomic E-state index is 0. The van der Waals surface area contributed by atoms with E-state index in [-0.39, 0.29) is 24.1 Å². The van der Waals surface area contributed by atoms with Crippen LogP contribution in [0.25, 0.3) is 0 Å². The summed E-state index contributed by atoms with van der Waals surface area (Å²) < 4.78 is 0. The van der Waals surface area contributed by atoms with Crippen LogP contribution < -0.4 is 5.32 Å². The Labute approximate surface area is 173 Å². The molecule has 4 rings (SSSR count). The van der Waals surface area contributed by atoms with E-state index in [1.54, 1.807) is 0 Å². The zero-order valence-corrected chi connectivity index (χ0v) is 16.8. The largest absolute Gasteiger partial charge is 0.367 e. The molecule has 28 heavy (non-hydrogen) atoms. The van der Waals surface area contributed by atoms with E-state index in [2.05, 4.69) is 22.4 Å². The lowest BCUT2D eigenvalue weighted by molar-refractivity contribution is 0.0835. The molecule has 0 saturated carbocycles. The van der Waals surface area contributed by atoms with Gasteiger partial charge in [0.15, 0.2) is 5.78 Å². The summed E-state index contributed by atoms with van der Waals surface area (Å²) >= 11 is 0. The molecule has 0 spiro atoms. The van der Waals surface area contributed by atoms with Crippen molar-refractivity contribution in [1.29, 1.82) is 5.26 Å². The van der Waals surface area contributed by atoms with Crippen LogP contribution in [0.15, 0.2) is 54.6 Å². The molecular weight excluding hydrogens is 370 g/mol. The molecule has 1 unspecified atom stereocenters. The van der Waals surface area contributed by atoms with Gasteiger partial charge in [-0.15, -0.1) is 12.4 Å². The average Bonchev–Trinajstić information content (AvgIpc) is 2.72. The Bertz CT molecular complexity index is 854. The SMILES string of the molecule is Cl.N#CC1(Nc2ccccc2)CCN(CC2CCc3ccccc3C2=O)CC1. The van der Waals surface area contributed by atoms with E-state index in [9.17, 15) is 10.1 Å². The Hall–Kier alpha value is -2.35. The van der Waals surface area contributed by atoms with Gasteiger partial charge in [0.25, 0.3) is 0 Å². The van der Waals surface area contributed by atoms with E-state index < -0.39 is 5.54 Å². The molecule has 2 aromatic carbocycles. The summed E-state index contributed by atoms with van der Waals surface area (Å²) in [7, 11) is 0. The third-order valence-corrected chi connectivity index (χ3v) is 5.98. The Morgan fingerprint density at radius 3 is 2.46 bits per heavy atom. The first-order chi connectivity index (χ1) is 13.2. The van der Waals surface area contributed by atoms with Gasteiger partial charge in [-0.05, 0) is 43.4 Å². The van der Waals surface area contributed by atoms with Crippen molar-refractivity contribution in [3.8, 4) is 6.07 Å². The molecule has 0 amide bonds. The maximum atomic E-state index is 12.8. The summed E-state index contributed by atoms with van der Waals surface area (Å²) in [4.78, 5) is 15.2. The van der Waals surface area contributed by atoms with Crippen LogP contribution >= 0.6 is 12.4 Å². The van der Waals surface area contributed by atoms with Crippen molar-refractivity contribution in [2.45, 2.75) is 31.2 Å². The highest BCUT2D eigenvalue weighted by molar-refractivity contribution is 6.00. The average molecular weight is 396 g/mol. The Kier molecular flexibility index (Phi) is 6.39. The lowest BCUT2D eigenvalue weighted by Gasteiger charge is -2.39. The number of hydrogen-bond acceptors (Lipinski definition) is 4. The van der Waals surface area contributed by atoms with Gasteiger partial charge >= 0.3 is 0 Å². The number of para-hydroxylation sites is 1. The molecule has 2 aliphatic rings. The van der Waals surface area contributed by atoms with Crippen molar-refractivity contribution in [1.82, 2.24) is 4.90 Å². The number of nitriles is 1. The summed E-state index contributed by atoms with van der Waals surface area (Å²) in [6, 6.07) is 20.5. The third kappa shape index (κ3) is 4.22. The van der Waals surface area contributed by atoms with E-state index in [1.165, 1.54) is 5.56 Å². The molecule has 146 valence electrons. The number of anilines is 1. The normalized spacial score (nSPS) is 21.1. The van der Waals surface area contributed by atoms with Crippen LogP contribution in [0.3, 0.4) is 0 Å². The predicted octanol–water partition coefficient (Wildman–Crippen LogP) is 4.32. The fraction of sp³-hybridized carbons (Fsp3) is 0.391. The number of hydrogen-bond donors (Lipinski definition) is 1. The van der Waals surface area contributed by atoms with Gasteiger partial charge in [0.05, 0.1) is 6.07 Å². The summed E-state index contributed by atoms with van der Waals surface area (Å²) in [6.45, 7) is 2.50. The third-order valence-electron chi connectivity index (χ3n) is 5.98. The number of ketones is 1. The number of nitrogens with one attached hydrogen (secondary N) is 1. The molecule has 1 aliphatic heterocycles. The Morgan fingerprint density at radius 1 is 1.07 bits per heavy atom. The number of aryl methyl sites for hydroxylation is 1. The number of halogens is 1. The Balaban J connectivity index is 0.00000225. The van der Waals surface area contributed by atoms with Gasteiger partial charge in [-0.1, -0.05) is 42.5 Å². The summed E-state index contributed by atoms with van der Waals surface area (Å²) in [5, 5.41) is 13.2. The van der Waals surface area contributed by atoms with Crippen LogP contribution in [-0.4, -0.2) is 35.9 Å². The van der Waals surface area contributed by atoms with Crippen molar-refractivity contribution >= 4 is 23.9 Å². The second-order valence-corrected chi connectivity index (χ2v) is 7.74. The van der Waals surface area contributed by atoms with Gasteiger partial charge in [-0.3, -0.25) is 4.79 Å². The number of nitrogens with zero attached hydrogens (tertiary/aromatic N) is 2. The summed E-state index contributed by atoms with van der Waals surface area (Å²) in [5.74, 6) is 0.368. The van der Waals surface area contributed by atoms with Gasteiger partial charge in [0.2, 0.25) is 0 Å². The second-order valence-electron chi connectivity index (χ2n) is 7.74. The molecule has 0 bridgehead atoms. The number of fused-ring (bicyclic) bond motifs is 1. The second kappa shape index (κ2) is 8.77. The van der Waals surface area contributed by atoms with Crippen LogP contribution in [0, 0.1) is 17.2 Å². The van der Waals surface area contributed by atoms with E-state index in [4.69, 9.17) is 0 Å². The van der Waals surface area contributed by atoms with Crippen molar-refractivity contribution in [3.63, 3.8) is 0 Å². The minimum atomic E-state index is -0.513. The van der Waals surface area contributed by atoms with Crippen LogP contribution in [0.1, 0.15) is 35.2 Å². The lowest BCUT2D eigenvalue weighted by Crippen LogP contribution is -2.50. The predicted molar refractivity (Wildman–Crippen MR) is 114 cm³/mol. The van der Waals surface area contributed by atoms with Crippen LogP contribution in [-0.2, 0) is 6.42 Å². The molecule has 1 heterocycles. The molecule has 1 atom stereocenters. The number of piperidine rings is 1. The molecule has 1 N–H and O–H groups in total. The van der Waals surface area contributed by atoms with Gasteiger partial charge < -0.3 is 10.2 Å². The quantitative estimate of drug-likeness (QED) is 0.837. The fourth-order valence-corrected chi connectivity index (χ4v) is 4.33. The monoisotopic (exact) mass is 395 g/mol. The zero-order chi connectivity index (χ0) is 18.7. The fourth-order valence-electron chi connectivity index (χ4n) is 4.33. The van der Waals surface area contributed by atoms with Crippen molar-refractivity contribution < 1.29 is 4.79 Å². The van der Waals surface area contributed by atoms with Crippen LogP contribution in [0.2, 0.25) is 0 Å². The molecule has 0 aromatic heterocycles. The number of benzene rings is 2. The zero-order valence-electron chi connectivity index (χ0n) is 15.9. The first kappa shape index (κ1) is 20.4. The highest BCUT2D eigenvalue weighted by atomic mass is 35.5. The molecule has 1 saturated heterocycles. The first-order valence-electron chi connectivity index (χ1n) is 9.78. The van der Waals surface area contributed by atoms with E-state index in [0.717, 1.165) is 56.6 Å².